The van der Waals surface area contributed by atoms with Gasteiger partial charge in [0.1, 0.15) is 11.8 Å². The number of nitro benzene ring substituents is 1. The van der Waals surface area contributed by atoms with Crippen molar-refractivity contribution in [3.63, 3.8) is 0 Å². The van der Waals surface area contributed by atoms with Gasteiger partial charge in [0, 0.05) is 24.1 Å². The first kappa shape index (κ1) is 20.7. The standard InChI is InChI=1S/C18H17F2N3O5/c1-28-16-5-3-12(23(26)27)8-11(16)9-15(18(21)25)22-17(24)7-10-2-4-13(19)14(20)6-10/h2-6,8,15H,7,9H2,1H3,(H2,21,25)(H,22,24)/t15-/m1/s1. The first-order chi connectivity index (χ1) is 13.2. The molecule has 0 saturated carbocycles. The zero-order valence-corrected chi connectivity index (χ0v) is 14.8. The molecule has 0 aliphatic rings. The number of nitrogens with two attached hydrogens (primary N) is 1. The average molecular weight is 393 g/mol. The average Bonchev–Trinajstić information content (AvgIpc) is 2.63. The van der Waals surface area contributed by atoms with Crippen molar-refractivity contribution in [2.75, 3.05) is 7.11 Å². The first-order valence-corrected chi connectivity index (χ1v) is 8.05. The minimum absolute atomic E-state index is 0.149. The van der Waals surface area contributed by atoms with E-state index in [1.165, 1.54) is 31.4 Å². The first-order valence-electron chi connectivity index (χ1n) is 8.05. The van der Waals surface area contributed by atoms with Crippen LogP contribution in [0.5, 0.6) is 5.75 Å². The molecule has 0 bridgehead atoms. The van der Waals surface area contributed by atoms with E-state index in [1.807, 2.05) is 0 Å². The van der Waals surface area contributed by atoms with Gasteiger partial charge in [0.25, 0.3) is 5.69 Å². The molecule has 10 heteroatoms. The molecule has 2 amide bonds. The van der Waals surface area contributed by atoms with E-state index in [-0.39, 0.29) is 29.8 Å². The van der Waals surface area contributed by atoms with Gasteiger partial charge in [-0.1, -0.05) is 6.07 Å². The summed E-state index contributed by atoms with van der Waals surface area (Å²) in [6, 6.07) is 5.64. The predicted molar refractivity (Wildman–Crippen MR) is 94.5 cm³/mol. The minimum atomic E-state index is -1.19. The largest absolute Gasteiger partial charge is 0.496 e. The van der Waals surface area contributed by atoms with Crippen LogP contribution in [0.2, 0.25) is 0 Å². The predicted octanol–water partition coefficient (Wildman–Crippen LogP) is 1.64. The molecule has 3 N–H and O–H groups in total. The number of benzene rings is 2. The SMILES string of the molecule is COc1ccc([N+](=O)[O-])cc1C[C@@H](NC(=O)Cc1ccc(F)c(F)c1)C(N)=O. The third-order valence-corrected chi connectivity index (χ3v) is 3.93. The number of hydrogen-bond acceptors (Lipinski definition) is 5. The van der Waals surface area contributed by atoms with E-state index >= 15 is 0 Å². The Kier molecular flexibility index (Phi) is 6.59. The molecule has 28 heavy (non-hydrogen) atoms. The molecule has 0 radical (unpaired) electrons. The Morgan fingerprint density at radius 1 is 1.21 bits per heavy atom. The number of nitro groups is 1. The third kappa shape index (κ3) is 5.22. The highest BCUT2D eigenvalue weighted by molar-refractivity contribution is 5.87. The van der Waals surface area contributed by atoms with Gasteiger partial charge in [0.15, 0.2) is 11.6 Å². The lowest BCUT2D eigenvalue weighted by molar-refractivity contribution is -0.384. The van der Waals surface area contributed by atoms with Gasteiger partial charge in [-0.05, 0) is 23.8 Å². The highest BCUT2D eigenvalue weighted by atomic mass is 19.2. The quantitative estimate of drug-likeness (QED) is 0.521. The molecule has 2 rings (SSSR count). The van der Waals surface area contributed by atoms with E-state index < -0.39 is 34.4 Å². The van der Waals surface area contributed by atoms with E-state index in [4.69, 9.17) is 10.5 Å². The lowest BCUT2D eigenvalue weighted by atomic mass is 10.0. The summed E-state index contributed by atoms with van der Waals surface area (Å²) in [5, 5.41) is 13.3. The molecule has 0 aliphatic carbocycles. The Balaban J connectivity index is 2.16. The molecule has 0 saturated heterocycles. The van der Waals surface area contributed by atoms with Crippen molar-refractivity contribution in [3.8, 4) is 5.75 Å². The minimum Gasteiger partial charge on any atom is -0.496 e. The van der Waals surface area contributed by atoms with Crippen molar-refractivity contribution in [2.45, 2.75) is 18.9 Å². The maximum atomic E-state index is 13.2. The van der Waals surface area contributed by atoms with Crippen molar-refractivity contribution in [1.82, 2.24) is 5.32 Å². The van der Waals surface area contributed by atoms with Crippen LogP contribution in [0.4, 0.5) is 14.5 Å². The Bertz CT molecular complexity index is 920. The summed E-state index contributed by atoms with van der Waals surface area (Å²) in [7, 11) is 1.35. The van der Waals surface area contributed by atoms with Crippen molar-refractivity contribution in [3.05, 3.63) is 69.3 Å². The Labute approximate surface area is 158 Å². The summed E-state index contributed by atoms with van der Waals surface area (Å²) in [5.41, 5.74) is 5.61. The second kappa shape index (κ2) is 8.89. The summed E-state index contributed by atoms with van der Waals surface area (Å²) in [4.78, 5) is 34.2. The molecule has 0 aliphatic heterocycles. The van der Waals surface area contributed by atoms with Crippen LogP contribution < -0.4 is 15.8 Å². The maximum Gasteiger partial charge on any atom is 0.269 e. The van der Waals surface area contributed by atoms with Crippen LogP contribution in [0.3, 0.4) is 0 Å². The molecule has 8 nitrogen and oxygen atoms in total. The molecular weight excluding hydrogens is 376 g/mol. The van der Waals surface area contributed by atoms with E-state index in [1.54, 1.807) is 0 Å². The van der Waals surface area contributed by atoms with Crippen LogP contribution in [-0.4, -0.2) is 29.9 Å². The van der Waals surface area contributed by atoms with Gasteiger partial charge in [0.05, 0.1) is 18.5 Å². The van der Waals surface area contributed by atoms with Crippen molar-refractivity contribution in [1.29, 1.82) is 0 Å². The molecule has 0 aromatic heterocycles. The molecule has 0 spiro atoms. The number of ether oxygens (including phenoxy) is 1. The number of carbonyl (C=O) groups excluding carboxylic acids is 2. The van der Waals surface area contributed by atoms with Gasteiger partial charge in [-0.15, -0.1) is 0 Å². The van der Waals surface area contributed by atoms with E-state index in [0.717, 1.165) is 12.1 Å². The van der Waals surface area contributed by atoms with Gasteiger partial charge >= 0.3 is 0 Å². The highest BCUT2D eigenvalue weighted by Gasteiger charge is 2.22. The fourth-order valence-electron chi connectivity index (χ4n) is 2.56. The van der Waals surface area contributed by atoms with Crippen molar-refractivity contribution in [2.24, 2.45) is 5.73 Å². The van der Waals surface area contributed by atoms with Gasteiger partial charge in [-0.25, -0.2) is 8.78 Å². The molecular formula is C18H17F2N3O5. The van der Waals surface area contributed by atoms with Crippen LogP contribution in [0, 0.1) is 21.7 Å². The van der Waals surface area contributed by atoms with E-state index in [9.17, 15) is 28.5 Å². The van der Waals surface area contributed by atoms with Crippen LogP contribution in [0.15, 0.2) is 36.4 Å². The van der Waals surface area contributed by atoms with Crippen molar-refractivity contribution >= 4 is 17.5 Å². The van der Waals surface area contributed by atoms with Gasteiger partial charge in [-0.2, -0.15) is 0 Å². The van der Waals surface area contributed by atoms with Gasteiger partial charge < -0.3 is 15.8 Å². The summed E-state index contributed by atoms with van der Waals surface area (Å²) < 4.78 is 31.3. The molecule has 0 unspecified atom stereocenters. The molecule has 0 heterocycles. The monoisotopic (exact) mass is 393 g/mol. The molecule has 148 valence electrons. The fraction of sp³-hybridized carbons (Fsp3) is 0.222. The number of non-ortho nitro benzene ring substituents is 1. The second-order valence-corrected chi connectivity index (χ2v) is 5.91. The number of halogens is 2. The zero-order chi connectivity index (χ0) is 20.8. The number of rotatable bonds is 8. The van der Waals surface area contributed by atoms with Crippen LogP contribution in [0.1, 0.15) is 11.1 Å². The number of hydrogen-bond donors (Lipinski definition) is 2. The third-order valence-electron chi connectivity index (χ3n) is 3.93. The van der Waals surface area contributed by atoms with Crippen LogP contribution in [0.25, 0.3) is 0 Å². The zero-order valence-electron chi connectivity index (χ0n) is 14.8. The normalized spacial score (nSPS) is 11.5. The summed E-state index contributed by atoms with van der Waals surface area (Å²) >= 11 is 0. The van der Waals surface area contributed by atoms with Crippen molar-refractivity contribution < 1.29 is 28.0 Å². The second-order valence-electron chi connectivity index (χ2n) is 5.91. The van der Waals surface area contributed by atoms with Gasteiger partial charge in [-0.3, -0.25) is 19.7 Å². The summed E-state index contributed by atoms with van der Waals surface area (Å²) in [6.45, 7) is 0. The molecule has 2 aromatic rings. The Hall–Kier alpha value is -3.56. The molecule has 1 atom stereocenters. The van der Waals surface area contributed by atoms with E-state index in [0.29, 0.717) is 5.56 Å². The fourth-order valence-corrected chi connectivity index (χ4v) is 2.56. The highest BCUT2D eigenvalue weighted by Crippen LogP contribution is 2.25. The van der Waals surface area contributed by atoms with Crippen LogP contribution in [-0.2, 0) is 22.4 Å². The number of nitrogens with one attached hydrogen (secondary N) is 1. The summed E-state index contributed by atoms with van der Waals surface area (Å²) in [6.07, 6.45) is -0.462. The maximum absolute atomic E-state index is 13.2. The lowest BCUT2D eigenvalue weighted by Crippen LogP contribution is -2.46. The topological polar surface area (TPSA) is 125 Å². The summed E-state index contributed by atoms with van der Waals surface area (Å²) in [5.74, 6) is -3.38. The number of primary amides is 1. The number of methoxy groups -OCH3 is 1. The number of amides is 2. The van der Waals surface area contributed by atoms with E-state index in [2.05, 4.69) is 5.32 Å². The van der Waals surface area contributed by atoms with Gasteiger partial charge in [0.2, 0.25) is 11.8 Å². The molecule has 2 aromatic carbocycles. The number of nitrogens with zero attached hydrogens (tertiary/aromatic N) is 1. The number of carbonyl (C=O) groups is 2. The Morgan fingerprint density at radius 3 is 2.50 bits per heavy atom. The Morgan fingerprint density at radius 2 is 1.93 bits per heavy atom. The molecule has 0 fully saturated rings. The van der Waals surface area contributed by atoms with Crippen LogP contribution >= 0.6 is 0 Å². The lowest BCUT2D eigenvalue weighted by Gasteiger charge is -2.17. The smallest absolute Gasteiger partial charge is 0.269 e.